The maximum Gasteiger partial charge on any atom is 0.344 e. The van der Waals surface area contributed by atoms with Crippen molar-refractivity contribution in [3.63, 3.8) is 0 Å². The van der Waals surface area contributed by atoms with E-state index in [-0.39, 0.29) is 16.9 Å². The minimum atomic E-state index is -0.786. The molecule has 1 heterocycles. The van der Waals surface area contributed by atoms with Crippen molar-refractivity contribution in [1.82, 2.24) is 0 Å². The molecule has 1 aromatic heterocycles. The molecule has 0 saturated heterocycles. The number of hydrogen-bond donors (Lipinski definition) is 0. The minimum Gasteiger partial charge on any atom is -0.490 e. The molecule has 0 aliphatic carbocycles. The molecule has 2 aromatic carbocycles. The quantitative estimate of drug-likeness (QED) is 0.125. The molecule has 0 spiro atoms. The number of rotatable bonds is 11. The highest BCUT2D eigenvalue weighted by atomic mass is 19.1. The van der Waals surface area contributed by atoms with E-state index in [1.165, 1.54) is 6.07 Å². The molecule has 36 heavy (non-hydrogen) atoms. The second kappa shape index (κ2) is 11.0. The maximum atomic E-state index is 15.1. The predicted molar refractivity (Wildman–Crippen MR) is 138 cm³/mol. The topological polar surface area (TPSA) is 75.0 Å². The lowest BCUT2D eigenvalue weighted by molar-refractivity contribution is -0.154. The standard InChI is InChI=1S/C29H33FO6/c1-7-9-15-33-23-12-10-11-21(26(23)30)22-16-19-13-14-20(17-24(19)34-27(22)32)35-28(3,4)18-29(5,6)36-25(31)8-2/h8,10-14,16-17H,2,7,9,15,18H2,1,3-6H3. The van der Waals surface area contributed by atoms with Gasteiger partial charge in [-0.25, -0.2) is 14.0 Å². The van der Waals surface area contributed by atoms with Gasteiger partial charge in [0.05, 0.1) is 12.2 Å². The van der Waals surface area contributed by atoms with Crippen molar-refractivity contribution in [3.05, 3.63) is 71.4 Å². The lowest BCUT2D eigenvalue weighted by Gasteiger charge is -2.34. The van der Waals surface area contributed by atoms with Gasteiger partial charge in [-0.15, -0.1) is 0 Å². The summed E-state index contributed by atoms with van der Waals surface area (Å²) in [6.45, 7) is 13.2. The first-order valence-electron chi connectivity index (χ1n) is 12.0. The Balaban J connectivity index is 1.86. The molecule has 0 bridgehead atoms. The molecular formula is C29H33FO6. The lowest BCUT2D eigenvalue weighted by Crippen LogP contribution is -2.40. The van der Waals surface area contributed by atoms with Gasteiger partial charge in [0.1, 0.15) is 22.5 Å². The number of benzene rings is 2. The highest BCUT2D eigenvalue weighted by Crippen LogP contribution is 2.32. The van der Waals surface area contributed by atoms with Crippen LogP contribution in [0.2, 0.25) is 0 Å². The summed E-state index contributed by atoms with van der Waals surface area (Å²) in [5, 5.41) is 0.617. The fourth-order valence-corrected chi connectivity index (χ4v) is 4.23. The van der Waals surface area contributed by atoms with E-state index in [0.29, 0.717) is 29.7 Å². The van der Waals surface area contributed by atoms with Crippen LogP contribution in [-0.4, -0.2) is 23.8 Å². The number of ether oxygens (including phenoxy) is 3. The van der Waals surface area contributed by atoms with Gasteiger partial charge in [0.25, 0.3) is 0 Å². The first-order valence-corrected chi connectivity index (χ1v) is 12.0. The number of carbonyl (C=O) groups is 1. The molecule has 0 fully saturated rings. The van der Waals surface area contributed by atoms with Gasteiger partial charge in [0.2, 0.25) is 0 Å². The summed E-state index contributed by atoms with van der Waals surface area (Å²) in [4.78, 5) is 24.4. The summed E-state index contributed by atoms with van der Waals surface area (Å²) in [5.41, 5.74) is -1.61. The summed E-state index contributed by atoms with van der Waals surface area (Å²) in [7, 11) is 0. The van der Waals surface area contributed by atoms with E-state index < -0.39 is 28.6 Å². The largest absolute Gasteiger partial charge is 0.490 e. The molecule has 0 aliphatic rings. The van der Waals surface area contributed by atoms with Gasteiger partial charge < -0.3 is 18.6 Å². The molecule has 0 aliphatic heterocycles. The number of esters is 1. The van der Waals surface area contributed by atoms with Crippen LogP contribution in [0.3, 0.4) is 0 Å². The number of unbranched alkanes of at least 4 members (excludes halogenated alkanes) is 1. The molecule has 0 atom stereocenters. The van der Waals surface area contributed by atoms with Crippen molar-refractivity contribution in [2.45, 2.75) is 65.1 Å². The highest BCUT2D eigenvalue weighted by molar-refractivity contribution is 5.83. The van der Waals surface area contributed by atoms with E-state index in [1.807, 2.05) is 20.8 Å². The molecule has 3 aromatic rings. The van der Waals surface area contributed by atoms with E-state index in [2.05, 4.69) is 6.58 Å². The van der Waals surface area contributed by atoms with Crippen LogP contribution in [0.5, 0.6) is 11.5 Å². The molecule has 7 heteroatoms. The smallest absolute Gasteiger partial charge is 0.344 e. The monoisotopic (exact) mass is 496 g/mol. The molecule has 0 amide bonds. The molecule has 0 unspecified atom stereocenters. The Kier molecular flexibility index (Phi) is 8.23. The first-order chi connectivity index (χ1) is 16.9. The van der Waals surface area contributed by atoms with Crippen molar-refractivity contribution < 1.29 is 27.8 Å². The molecule has 192 valence electrons. The van der Waals surface area contributed by atoms with Crippen LogP contribution < -0.4 is 15.1 Å². The first kappa shape index (κ1) is 27.0. The molecule has 0 saturated carbocycles. The Morgan fingerprint density at radius 2 is 1.83 bits per heavy atom. The van der Waals surface area contributed by atoms with Crippen LogP contribution in [0.25, 0.3) is 22.1 Å². The van der Waals surface area contributed by atoms with E-state index in [0.717, 1.165) is 18.9 Å². The summed E-state index contributed by atoms with van der Waals surface area (Å²) in [5.74, 6) is -0.518. The molecule has 0 N–H and O–H groups in total. The van der Waals surface area contributed by atoms with Crippen LogP contribution in [0, 0.1) is 5.82 Å². The zero-order valence-electron chi connectivity index (χ0n) is 21.5. The summed E-state index contributed by atoms with van der Waals surface area (Å²) in [6.07, 6.45) is 3.26. The van der Waals surface area contributed by atoms with Crippen LogP contribution >= 0.6 is 0 Å². The second-order valence-corrected chi connectivity index (χ2v) is 9.89. The van der Waals surface area contributed by atoms with Gasteiger partial charge in [0, 0.05) is 29.5 Å². The number of carbonyl (C=O) groups excluding carboxylic acids is 1. The third-order valence-electron chi connectivity index (χ3n) is 5.51. The summed E-state index contributed by atoms with van der Waals surface area (Å²) >= 11 is 0. The Morgan fingerprint density at radius 1 is 1.08 bits per heavy atom. The van der Waals surface area contributed by atoms with Gasteiger partial charge in [0.15, 0.2) is 11.6 Å². The predicted octanol–water partition coefficient (Wildman–Crippen LogP) is 6.83. The van der Waals surface area contributed by atoms with Gasteiger partial charge in [-0.05, 0) is 58.4 Å². The van der Waals surface area contributed by atoms with Crippen LogP contribution in [-0.2, 0) is 9.53 Å². The van der Waals surface area contributed by atoms with Crippen molar-refractivity contribution in [1.29, 1.82) is 0 Å². The zero-order chi connectivity index (χ0) is 26.5. The van der Waals surface area contributed by atoms with Gasteiger partial charge in [-0.3, -0.25) is 0 Å². The van der Waals surface area contributed by atoms with Crippen molar-refractivity contribution in [3.8, 4) is 22.6 Å². The molecule has 3 rings (SSSR count). The minimum absolute atomic E-state index is 0.105. The van der Waals surface area contributed by atoms with E-state index in [1.54, 1.807) is 50.2 Å². The Bertz CT molecular complexity index is 1300. The Labute approximate surface area is 210 Å². The Hall–Kier alpha value is -3.61. The van der Waals surface area contributed by atoms with E-state index >= 15 is 4.39 Å². The van der Waals surface area contributed by atoms with E-state index in [4.69, 9.17) is 18.6 Å². The van der Waals surface area contributed by atoms with Crippen LogP contribution in [0.1, 0.15) is 53.9 Å². The van der Waals surface area contributed by atoms with Crippen molar-refractivity contribution >= 4 is 16.9 Å². The van der Waals surface area contributed by atoms with Crippen molar-refractivity contribution in [2.75, 3.05) is 6.61 Å². The summed E-state index contributed by atoms with van der Waals surface area (Å²) in [6, 6.07) is 11.4. The molecule has 0 radical (unpaired) electrons. The SMILES string of the molecule is C=CC(=O)OC(C)(C)CC(C)(C)Oc1ccc2cc(-c3cccc(OCCCC)c3F)c(=O)oc2c1. The van der Waals surface area contributed by atoms with Gasteiger partial charge >= 0.3 is 11.6 Å². The summed E-state index contributed by atoms with van der Waals surface area (Å²) < 4.78 is 37.7. The molecular weight excluding hydrogens is 463 g/mol. The van der Waals surface area contributed by atoms with Crippen molar-refractivity contribution in [2.24, 2.45) is 0 Å². The lowest BCUT2D eigenvalue weighted by atomic mass is 9.92. The second-order valence-electron chi connectivity index (χ2n) is 9.89. The van der Waals surface area contributed by atoms with Gasteiger partial charge in [-0.2, -0.15) is 0 Å². The fraction of sp³-hybridized carbons (Fsp3) is 0.379. The van der Waals surface area contributed by atoms with E-state index in [9.17, 15) is 9.59 Å². The fourth-order valence-electron chi connectivity index (χ4n) is 4.23. The number of fused-ring (bicyclic) bond motifs is 1. The number of halogens is 1. The van der Waals surface area contributed by atoms with Crippen LogP contribution in [0.4, 0.5) is 4.39 Å². The average Bonchev–Trinajstić information content (AvgIpc) is 2.78. The highest BCUT2D eigenvalue weighted by Gasteiger charge is 2.33. The zero-order valence-corrected chi connectivity index (χ0v) is 21.5. The third kappa shape index (κ3) is 6.74. The Morgan fingerprint density at radius 3 is 2.53 bits per heavy atom. The van der Waals surface area contributed by atoms with Gasteiger partial charge in [-0.1, -0.05) is 32.1 Å². The third-order valence-corrected chi connectivity index (χ3v) is 5.51. The number of hydrogen-bond acceptors (Lipinski definition) is 6. The van der Waals surface area contributed by atoms with Crippen LogP contribution in [0.15, 0.2) is 64.3 Å². The molecule has 6 nitrogen and oxygen atoms in total. The normalized spacial score (nSPS) is 11.8. The average molecular weight is 497 g/mol. The maximum absolute atomic E-state index is 15.1.